The molecule has 0 aliphatic carbocycles. The molecule has 0 atom stereocenters. The van der Waals surface area contributed by atoms with Crippen LogP contribution in [0.4, 0.5) is 10.5 Å². The van der Waals surface area contributed by atoms with E-state index in [2.05, 4.69) is 15.4 Å². The van der Waals surface area contributed by atoms with E-state index in [0.717, 1.165) is 10.6 Å². The average Bonchev–Trinajstić information content (AvgIpc) is 2.40. The van der Waals surface area contributed by atoms with E-state index >= 15 is 0 Å². The minimum atomic E-state index is -0.500. The van der Waals surface area contributed by atoms with Crippen LogP contribution in [-0.4, -0.2) is 31.4 Å². The first-order valence-corrected chi connectivity index (χ1v) is 7.22. The number of benzene rings is 1. The summed E-state index contributed by atoms with van der Waals surface area (Å²) in [6.45, 7) is 2.30. The highest BCUT2D eigenvalue weighted by atomic mass is 32.2. The molecular weight excluding hydrogens is 264 g/mol. The Morgan fingerprint density at radius 2 is 1.95 bits per heavy atom. The van der Waals surface area contributed by atoms with Crippen LogP contribution in [-0.2, 0) is 9.53 Å². The molecule has 0 saturated heterocycles. The van der Waals surface area contributed by atoms with Gasteiger partial charge in [0.15, 0.2) is 0 Å². The molecule has 104 valence electrons. The summed E-state index contributed by atoms with van der Waals surface area (Å²) in [5.41, 5.74) is 0.749. The molecule has 0 aliphatic rings. The van der Waals surface area contributed by atoms with E-state index in [9.17, 15) is 9.59 Å². The highest BCUT2D eigenvalue weighted by Gasteiger charge is 2.04. The molecule has 0 bridgehead atoms. The Kier molecular flexibility index (Phi) is 6.81. The molecule has 1 aromatic carbocycles. The molecule has 2 N–H and O–H groups in total. The Morgan fingerprint density at radius 3 is 2.53 bits per heavy atom. The lowest BCUT2D eigenvalue weighted by Crippen LogP contribution is -2.28. The van der Waals surface area contributed by atoms with Crippen molar-refractivity contribution < 1.29 is 14.3 Å². The second-order valence-corrected chi connectivity index (χ2v) is 4.55. The van der Waals surface area contributed by atoms with Crippen LogP contribution >= 0.6 is 11.8 Å². The summed E-state index contributed by atoms with van der Waals surface area (Å²) < 4.78 is 4.68. The maximum Gasteiger partial charge on any atom is 0.407 e. The quantitative estimate of drug-likeness (QED) is 0.787. The summed E-state index contributed by atoms with van der Waals surface area (Å²) >= 11 is 1.64. The molecule has 2 amide bonds. The predicted octanol–water partition coefficient (Wildman–Crippen LogP) is 2.48. The largest absolute Gasteiger partial charge is 0.450 e. The monoisotopic (exact) mass is 282 g/mol. The van der Waals surface area contributed by atoms with Crippen LogP contribution in [0.3, 0.4) is 0 Å². The fourth-order valence-corrected chi connectivity index (χ4v) is 1.77. The Balaban J connectivity index is 2.28. The van der Waals surface area contributed by atoms with Gasteiger partial charge in [-0.15, -0.1) is 11.8 Å². The minimum absolute atomic E-state index is 0.145. The fraction of sp³-hybridized carbons (Fsp3) is 0.385. The lowest BCUT2D eigenvalue weighted by Gasteiger charge is -2.07. The number of carbonyl (C=O) groups excluding carboxylic acids is 2. The molecule has 0 radical (unpaired) electrons. The van der Waals surface area contributed by atoms with Crippen LogP contribution in [0, 0.1) is 0 Å². The van der Waals surface area contributed by atoms with Gasteiger partial charge in [0.1, 0.15) is 0 Å². The standard InChI is InChI=1S/C13H18N2O3S/c1-3-18-13(17)14-9-8-12(16)15-10-4-6-11(19-2)7-5-10/h4-7H,3,8-9H2,1-2H3,(H,14,17)(H,15,16). The van der Waals surface area contributed by atoms with Gasteiger partial charge in [-0.05, 0) is 37.4 Å². The fourth-order valence-electron chi connectivity index (χ4n) is 1.36. The first-order valence-electron chi connectivity index (χ1n) is 6.00. The first kappa shape index (κ1) is 15.4. The molecule has 0 spiro atoms. The number of alkyl carbamates (subject to hydrolysis) is 1. The lowest BCUT2D eigenvalue weighted by atomic mass is 10.3. The highest BCUT2D eigenvalue weighted by molar-refractivity contribution is 7.98. The summed E-state index contributed by atoms with van der Waals surface area (Å²) in [7, 11) is 0. The van der Waals surface area contributed by atoms with Crippen LogP contribution in [0.5, 0.6) is 0 Å². The number of carbonyl (C=O) groups is 2. The number of rotatable bonds is 6. The number of hydrogen-bond donors (Lipinski definition) is 2. The van der Waals surface area contributed by atoms with Crippen LogP contribution < -0.4 is 10.6 Å². The third-order valence-corrected chi connectivity index (χ3v) is 3.01. The predicted molar refractivity (Wildman–Crippen MR) is 76.5 cm³/mol. The SMILES string of the molecule is CCOC(=O)NCCC(=O)Nc1ccc(SC)cc1. The van der Waals surface area contributed by atoms with Crippen molar-refractivity contribution in [2.45, 2.75) is 18.2 Å². The summed E-state index contributed by atoms with van der Waals surface area (Å²) in [5.74, 6) is -0.145. The molecule has 0 saturated carbocycles. The van der Waals surface area contributed by atoms with E-state index in [-0.39, 0.29) is 18.9 Å². The Labute approximate surface area is 117 Å². The molecule has 1 aromatic rings. The number of amides is 2. The van der Waals surface area contributed by atoms with Gasteiger partial charge in [-0.1, -0.05) is 0 Å². The van der Waals surface area contributed by atoms with E-state index in [1.807, 2.05) is 30.5 Å². The molecule has 5 nitrogen and oxygen atoms in total. The van der Waals surface area contributed by atoms with E-state index in [1.165, 1.54) is 0 Å². The van der Waals surface area contributed by atoms with Crippen molar-refractivity contribution in [1.29, 1.82) is 0 Å². The van der Waals surface area contributed by atoms with Crippen molar-refractivity contribution in [2.75, 3.05) is 24.7 Å². The van der Waals surface area contributed by atoms with Crippen molar-refractivity contribution in [2.24, 2.45) is 0 Å². The third-order valence-electron chi connectivity index (χ3n) is 2.27. The summed E-state index contributed by atoms with van der Waals surface area (Å²) in [5, 5.41) is 5.25. The average molecular weight is 282 g/mol. The first-order chi connectivity index (χ1) is 9.15. The van der Waals surface area contributed by atoms with Crippen LogP contribution in [0.2, 0.25) is 0 Å². The van der Waals surface area contributed by atoms with Crippen molar-refractivity contribution in [1.82, 2.24) is 5.32 Å². The van der Waals surface area contributed by atoms with E-state index in [4.69, 9.17) is 0 Å². The van der Waals surface area contributed by atoms with Gasteiger partial charge in [0.2, 0.25) is 5.91 Å². The van der Waals surface area contributed by atoms with E-state index < -0.39 is 6.09 Å². The van der Waals surface area contributed by atoms with Gasteiger partial charge < -0.3 is 15.4 Å². The number of ether oxygens (including phenoxy) is 1. The van der Waals surface area contributed by atoms with Gasteiger partial charge in [0.25, 0.3) is 0 Å². The molecule has 19 heavy (non-hydrogen) atoms. The van der Waals surface area contributed by atoms with Gasteiger partial charge in [-0.25, -0.2) is 4.79 Å². The number of anilines is 1. The van der Waals surface area contributed by atoms with Gasteiger partial charge in [-0.2, -0.15) is 0 Å². The van der Waals surface area contributed by atoms with Crippen LogP contribution in [0.25, 0.3) is 0 Å². The molecular formula is C13H18N2O3S. The molecule has 6 heteroatoms. The number of thioether (sulfide) groups is 1. The molecule has 0 aliphatic heterocycles. The summed E-state index contributed by atoms with van der Waals surface area (Å²) in [6.07, 6.45) is 1.71. The van der Waals surface area contributed by atoms with Crippen molar-refractivity contribution in [3.05, 3.63) is 24.3 Å². The minimum Gasteiger partial charge on any atom is -0.450 e. The normalized spacial score (nSPS) is 9.79. The lowest BCUT2D eigenvalue weighted by molar-refractivity contribution is -0.116. The van der Waals surface area contributed by atoms with Gasteiger partial charge >= 0.3 is 6.09 Å². The molecule has 1 rings (SSSR count). The Hall–Kier alpha value is -1.69. The molecule has 0 fully saturated rings. The third kappa shape index (κ3) is 6.15. The van der Waals surface area contributed by atoms with E-state index in [0.29, 0.717) is 6.61 Å². The highest BCUT2D eigenvalue weighted by Crippen LogP contribution is 2.17. The zero-order chi connectivity index (χ0) is 14.1. The summed E-state index contributed by atoms with van der Waals surface area (Å²) in [6, 6.07) is 7.58. The maximum atomic E-state index is 11.6. The topological polar surface area (TPSA) is 67.4 Å². The molecule has 0 aromatic heterocycles. The second kappa shape index (κ2) is 8.42. The maximum absolute atomic E-state index is 11.6. The Bertz CT molecular complexity index is 420. The number of hydrogen-bond acceptors (Lipinski definition) is 4. The van der Waals surface area contributed by atoms with Gasteiger partial charge in [0.05, 0.1) is 6.61 Å². The van der Waals surface area contributed by atoms with Crippen molar-refractivity contribution in [3.8, 4) is 0 Å². The van der Waals surface area contributed by atoms with Gasteiger partial charge in [-0.3, -0.25) is 4.79 Å². The van der Waals surface area contributed by atoms with Crippen LogP contribution in [0.15, 0.2) is 29.2 Å². The summed E-state index contributed by atoms with van der Waals surface area (Å²) in [4.78, 5) is 23.7. The molecule has 0 heterocycles. The Morgan fingerprint density at radius 1 is 1.26 bits per heavy atom. The number of nitrogens with one attached hydrogen (secondary N) is 2. The second-order valence-electron chi connectivity index (χ2n) is 3.67. The van der Waals surface area contributed by atoms with E-state index in [1.54, 1.807) is 18.7 Å². The van der Waals surface area contributed by atoms with Gasteiger partial charge in [0, 0.05) is 23.5 Å². The smallest absolute Gasteiger partial charge is 0.407 e. The molecule has 0 unspecified atom stereocenters. The zero-order valence-corrected chi connectivity index (χ0v) is 11.9. The van der Waals surface area contributed by atoms with Crippen molar-refractivity contribution >= 4 is 29.4 Å². The van der Waals surface area contributed by atoms with Crippen molar-refractivity contribution in [3.63, 3.8) is 0 Å². The van der Waals surface area contributed by atoms with Crippen LogP contribution in [0.1, 0.15) is 13.3 Å². The zero-order valence-electron chi connectivity index (χ0n) is 11.1.